The molecule has 2 N–H and O–H groups in total. The number of guanidine groups is 1. The molecule has 6 heteroatoms. The second-order valence-corrected chi connectivity index (χ2v) is 4.58. The SMILES string of the molecule is CN=C(NCc1ccc(F)c(COC)c1)NC(C)C.I. The van der Waals surface area contributed by atoms with Gasteiger partial charge in [0.05, 0.1) is 6.61 Å². The predicted octanol–water partition coefficient (Wildman–Crippen LogP) is 2.66. The van der Waals surface area contributed by atoms with Crippen LogP contribution >= 0.6 is 24.0 Å². The van der Waals surface area contributed by atoms with Crippen LogP contribution < -0.4 is 10.6 Å². The molecular formula is C14H23FIN3O. The fourth-order valence-electron chi connectivity index (χ4n) is 1.66. The van der Waals surface area contributed by atoms with Gasteiger partial charge >= 0.3 is 0 Å². The monoisotopic (exact) mass is 395 g/mol. The number of halogens is 2. The van der Waals surface area contributed by atoms with E-state index < -0.39 is 0 Å². The van der Waals surface area contributed by atoms with Crippen molar-refractivity contribution in [1.29, 1.82) is 0 Å². The standard InChI is InChI=1S/C14H22FN3O.HI/c1-10(2)18-14(16-3)17-8-11-5-6-13(15)12(7-11)9-19-4;/h5-7,10H,8-9H2,1-4H3,(H2,16,17,18);1H. The third-order valence-electron chi connectivity index (χ3n) is 2.52. The minimum atomic E-state index is -0.240. The Hall–Kier alpha value is -0.890. The molecule has 1 aromatic rings. The van der Waals surface area contributed by atoms with Crippen LogP contribution in [-0.4, -0.2) is 26.2 Å². The average molecular weight is 395 g/mol. The third kappa shape index (κ3) is 6.51. The maximum Gasteiger partial charge on any atom is 0.191 e. The van der Waals surface area contributed by atoms with Crippen molar-refractivity contribution in [2.24, 2.45) is 4.99 Å². The highest BCUT2D eigenvalue weighted by atomic mass is 127. The van der Waals surface area contributed by atoms with Gasteiger partial charge in [-0.1, -0.05) is 6.07 Å². The van der Waals surface area contributed by atoms with E-state index in [4.69, 9.17) is 4.74 Å². The highest BCUT2D eigenvalue weighted by Gasteiger charge is 2.05. The Morgan fingerprint density at radius 2 is 2.10 bits per heavy atom. The molecule has 0 aliphatic carbocycles. The average Bonchev–Trinajstić information content (AvgIpc) is 2.37. The van der Waals surface area contributed by atoms with Gasteiger partial charge in [0, 0.05) is 32.3 Å². The molecule has 0 saturated heterocycles. The summed E-state index contributed by atoms with van der Waals surface area (Å²) in [4.78, 5) is 4.12. The Balaban J connectivity index is 0.00000361. The number of hydrogen-bond acceptors (Lipinski definition) is 2. The largest absolute Gasteiger partial charge is 0.380 e. The van der Waals surface area contributed by atoms with Crippen molar-refractivity contribution in [1.82, 2.24) is 10.6 Å². The van der Waals surface area contributed by atoms with E-state index >= 15 is 0 Å². The van der Waals surface area contributed by atoms with Crippen LogP contribution in [0.15, 0.2) is 23.2 Å². The molecule has 0 aliphatic heterocycles. The first-order chi connectivity index (χ1) is 9.06. The van der Waals surface area contributed by atoms with E-state index in [-0.39, 0.29) is 36.4 Å². The Morgan fingerprint density at radius 1 is 1.40 bits per heavy atom. The summed E-state index contributed by atoms with van der Waals surface area (Å²) in [6, 6.07) is 5.33. The van der Waals surface area contributed by atoms with Crippen molar-refractivity contribution < 1.29 is 9.13 Å². The van der Waals surface area contributed by atoms with Crippen molar-refractivity contribution in [3.63, 3.8) is 0 Å². The van der Waals surface area contributed by atoms with Crippen molar-refractivity contribution in [2.75, 3.05) is 14.2 Å². The number of aliphatic imine (C=N–C) groups is 1. The van der Waals surface area contributed by atoms with Gasteiger partial charge in [-0.2, -0.15) is 0 Å². The number of rotatable bonds is 5. The fraction of sp³-hybridized carbons (Fsp3) is 0.500. The van der Waals surface area contributed by atoms with Crippen LogP contribution in [0.5, 0.6) is 0 Å². The van der Waals surface area contributed by atoms with E-state index in [2.05, 4.69) is 15.6 Å². The van der Waals surface area contributed by atoms with Gasteiger partial charge in [0.15, 0.2) is 5.96 Å². The zero-order valence-electron chi connectivity index (χ0n) is 12.4. The molecule has 0 fully saturated rings. The molecule has 0 atom stereocenters. The van der Waals surface area contributed by atoms with Gasteiger partial charge < -0.3 is 15.4 Å². The quantitative estimate of drug-likeness (QED) is 0.458. The minimum absolute atomic E-state index is 0. The van der Waals surface area contributed by atoms with Crippen molar-refractivity contribution in [3.8, 4) is 0 Å². The number of nitrogens with one attached hydrogen (secondary N) is 2. The molecule has 20 heavy (non-hydrogen) atoms. The summed E-state index contributed by atoms with van der Waals surface area (Å²) >= 11 is 0. The van der Waals surface area contributed by atoms with Gasteiger partial charge in [-0.05, 0) is 31.5 Å². The maximum atomic E-state index is 13.5. The summed E-state index contributed by atoms with van der Waals surface area (Å²) in [6.45, 7) is 4.95. The molecule has 114 valence electrons. The normalized spacial score (nSPS) is 11.2. The topological polar surface area (TPSA) is 45.7 Å². The summed E-state index contributed by atoms with van der Waals surface area (Å²) in [6.07, 6.45) is 0. The first-order valence-electron chi connectivity index (χ1n) is 6.30. The predicted molar refractivity (Wildman–Crippen MR) is 91.0 cm³/mol. The number of methoxy groups -OCH3 is 1. The maximum absolute atomic E-state index is 13.5. The molecule has 1 rings (SSSR count). The van der Waals surface area contributed by atoms with Gasteiger partial charge in [-0.25, -0.2) is 4.39 Å². The van der Waals surface area contributed by atoms with E-state index in [1.54, 1.807) is 26.3 Å². The van der Waals surface area contributed by atoms with Crippen LogP contribution in [0.25, 0.3) is 0 Å². The lowest BCUT2D eigenvalue weighted by molar-refractivity contribution is 0.181. The highest BCUT2D eigenvalue weighted by Crippen LogP contribution is 2.11. The molecule has 0 radical (unpaired) electrons. The number of benzene rings is 1. The number of nitrogens with zero attached hydrogens (tertiary/aromatic N) is 1. The van der Waals surface area contributed by atoms with Crippen LogP contribution in [-0.2, 0) is 17.9 Å². The van der Waals surface area contributed by atoms with E-state index in [0.717, 1.165) is 11.5 Å². The number of ether oxygens (including phenoxy) is 1. The van der Waals surface area contributed by atoms with Crippen LogP contribution in [0.1, 0.15) is 25.0 Å². The van der Waals surface area contributed by atoms with Gasteiger partial charge in [0.1, 0.15) is 5.82 Å². The van der Waals surface area contributed by atoms with E-state index in [1.807, 2.05) is 13.8 Å². The molecule has 4 nitrogen and oxygen atoms in total. The zero-order valence-corrected chi connectivity index (χ0v) is 14.7. The molecule has 0 aliphatic rings. The molecule has 1 aromatic carbocycles. The molecule has 0 bridgehead atoms. The summed E-state index contributed by atoms with van der Waals surface area (Å²) in [7, 11) is 3.28. The van der Waals surface area contributed by atoms with E-state index in [0.29, 0.717) is 18.2 Å². The van der Waals surface area contributed by atoms with Crippen LogP contribution in [0.4, 0.5) is 4.39 Å². The van der Waals surface area contributed by atoms with Crippen molar-refractivity contribution in [3.05, 3.63) is 35.1 Å². The van der Waals surface area contributed by atoms with E-state index in [1.165, 1.54) is 6.07 Å². The lowest BCUT2D eigenvalue weighted by atomic mass is 10.1. The van der Waals surface area contributed by atoms with Gasteiger partial charge in [-0.15, -0.1) is 24.0 Å². The van der Waals surface area contributed by atoms with Crippen molar-refractivity contribution in [2.45, 2.75) is 33.0 Å². The Bertz CT molecular complexity index is 438. The van der Waals surface area contributed by atoms with Crippen LogP contribution in [0.2, 0.25) is 0 Å². The fourth-order valence-corrected chi connectivity index (χ4v) is 1.66. The lowest BCUT2D eigenvalue weighted by Crippen LogP contribution is -2.40. The Labute approximate surface area is 137 Å². The van der Waals surface area contributed by atoms with E-state index in [9.17, 15) is 4.39 Å². The first-order valence-corrected chi connectivity index (χ1v) is 6.30. The zero-order chi connectivity index (χ0) is 14.3. The molecule has 0 unspecified atom stereocenters. The molecule has 0 heterocycles. The molecular weight excluding hydrogens is 372 g/mol. The molecule has 0 saturated carbocycles. The molecule has 0 amide bonds. The minimum Gasteiger partial charge on any atom is -0.380 e. The lowest BCUT2D eigenvalue weighted by Gasteiger charge is -2.14. The highest BCUT2D eigenvalue weighted by molar-refractivity contribution is 14.0. The Kier molecular flexibility index (Phi) is 9.49. The first kappa shape index (κ1) is 19.1. The second kappa shape index (κ2) is 9.93. The van der Waals surface area contributed by atoms with Gasteiger partial charge in [-0.3, -0.25) is 4.99 Å². The third-order valence-corrected chi connectivity index (χ3v) is 2.52. The van der Waals surface area contributed by atoms with Crippen molar-refractivity contribution >= 4 is 29.9 Å². The summed E-state index contributed by atoms with van der Waals surface area (Å²) in [5.41, 5.74) is 1.55. The summed E-state index contributed by atoms with van der Waals surface area (Å²) < 4.78 is 18.4. The van der Waals surface area contributed by atoms with Crippen LogP contribution in [0, 0.1) is 5.82 Å². The number of hydrogen-bond donors (Lipinski definition) is 2. The second-order valence-electron chi connectivity index (χ2n) is 4.58. The summed E-state index contributed by atoms with van der Waals surface area (Å²) in [5, 5.41) is 6.37. The molecule has 0 aromatic heterocycles. The van der Waals surface area contributed by atoms with Gasteiger partial charge in [0.2, 0.25) is 0 Å². The Morgan fingerprint density at radius 3 is 2.65 bits per heavy atom. The molecule has 0 spiro atoms. The van der Waals surface area contributed by atoms with Crippen LogP contribution in [0.3, 0.4) is 0 Å². The summed E-state index contributed by atoms with van der Waals surface area (Å²) in [5.74, 6) is 0.489. The van der Waals surface area contributed by atoms with Gasteiger partial charge in [0.25, 0.3) is 0 Å². The smallest absolute Gasteiger partial charge is 0.191 e.